The number of hydrogen-bond acceptors (Lipinski definition) is 2. The lowest BCUT2D eigenvalue weighted by Crippen LogP contribution is -2.17. The Morgan fingerprint density at radius 3 is 1.60 bits per heavy atom. The molecule has 0 heterocycles. The van der Waals surface area contributed by atoms with Crippen molar-refractivity contribution < 1.29 is 15.4 Å². The molecule has 0 fully saturated rings. The quantitative estimate of drug-likeness (QED) is 0.495. The highest BCUT2D eigenvalue weighted by atomic mass is 16.2. The van der Waals surface area contributed by atoms with Crippen molar-refractivity contribution in [3.8, 4) is 0 Å². The van der Waals surface area contributed by atoms with Crippen LogP contribution >= 0.6 is 0 Å². The monoisotopic (exact) mass is 151 g/mol. The van der Waals surface area contributed by atoms with Crippen LogP contribution in [0.25, 0.3) is 0 Å². The number of hydrogen-bond donors (Lipinski definition) is 1. The third-order valence-electron chi connectivity index (χ3n) is 0.630. The van der Waals surface area contributed by atoms with E-state index < -0.39 is 0 Å². The van der Waals surface area contributed by atoms with E-state index in [1.54, 1.807) is 21.0 Å². The van der Waals surface area contributed by atoms with Crippen LogP contribution in [0, 0.1) is 0 Å². The molecule has 0 aliphatic heterocycles. The predicted octanol–water partition coefficient (Wildman–Crippen LogP) is -0.732. The first kappa shape index (κ1) is 16.2. The van der Waals surface area contributed by atoms with E-state index in [0.29, 0.717) is 0 Å². The van der Waals surface area contributed by atoms with Crippen LogP contribution in [0.3, 0.4) is 0 Å². The molecule has 4 nitrogen and oxygen atoms in total. The summed E-state index contributed by atoms with van der Waals surface area (Å²) in [6.45, 7) is 3.46. The van der Waals surface area contributed by atoms with Gasteiger partial charge in [0.1, 0.15) is 0 Å². The Morgan fingerprint density at radius 2 is 1.60 bits per heavy atom. The molecule has 64 valence electrons. The van der Waals surface area contributed by atoms with Gasteiger partial charge in [-0.15, -0.1) is 0 Å². The summed E-state index contributed by atoms with van der Waals surface area (Å²) in [5, 5.41) is 7.57. The summed E-state index contributed by atoms with van der Waals surface area (Å²) in [5.41, 5.74) is 0. The molecule has 3 N–H and O–H groups in total. The van der Waals surface area contributed by atoms with Gasteiger partial charge in [0.15, 0.2) is 0 Å². The van der Waals surface area contributed by atoms with Gasteiger partial charge in [-0.3, -0.25) is 4.79 Å². The Hall–Kier alpha value is -0.610. The number of nitrogens with zero attached hydrogens (tertiary/aromatic N) is 1. The van der Waals surface area contributed by atoms with E-state index in [1.165, 1.54) is 11.8 Å². The molecule has 0 saturated heterocycles. The van der Waals surface area contributed by atoms with Gasteiger partial charge < -0.3 is 15.5 Å². The number of amides is 1. The lowest BCUT2D eigenvalue weighted by Gasteiger charge is -2.02. The Kier molecular flexibility index (Phi) is 18.2. The average Bonchev–Trinajstić information content (AvgIpc) is 1.68. The molecule has 0 aromatic heterocycles. The number of aliphatic hydroxyl groups is 1. The Bertz CT molecular complexity index is 73.4. The molecule has 0 aromatic rings. The van der Waals surface area contributed by atoms with Gasteiger partial charge in [0.2, 0.25) is 5.91 Å². The van der Waals surface area contributed by atoms with E-state index in [1.807, 2.05) is 0 Å². The van der Waals surface area contributed by atoms with Crippen molar-refractivity contribution in [2.75, 3.05) is 20.7 Å². The zero-order valence-corrected chi connectivity index (χ0v) is 7.01. The van der Waals surface area contributed by atoms with Crippen molar-refractivity contribution in [3.05, 3.63) is 0 Å². The van der Waals surface area contributed by atoms with Crippen molar-refractivity contribution in [1.29, 1.82) is 0 Å². The van der Waals surface area contributed by atoms with Gasteiger partial charge in [-0.2, -0.15) is 0 Å². The van der Waals surface area contributed by atoms with E-state index in [4.69, 9.17) is 5.11 Å². The zero-order chi connectivity index (χ0) is 7.86. The van der Waals surface area contributed by atoms with Crippen LogP contribution in [0.4, 0.5) is 0 Å². The Labute approximate surface area is 61.8 Å². The predicted molar refractivity (Wildman–Crippen MR) is 40.7 cm³/mol. The number of carbonyl (C=O) groups excluding carboxylic acids is 1. The second kappa shape index (κ2) is 11.2. The van der Waals surface area contributed by atoms with Gasteiger partial charge in [-0.25, -0.2) is 0 Å². The maximum atomic E-state index is 10.1. The lowest BCUT2D eigenvalue weighted by molar-refractivity contribution is -0.126. The molecule has 0 saturated carbocycles. The standard InChI is InChI=1S/C4H9NO.C2H6O.H2O/c1-4(6)5(2)3;1-2-3;/h1-3H3;3H,2H2,1H3;1H2. The maximum absolute atomic E-state index is 10.1. The van der Waals surface area contributed by atoms with Gasteiger partial charge in [-0.1, -0.05) is 0 Å². The Morgan fingerprint density at radius 1 is 1.50 bits per heavy atom. The molecule has 0 bridgehead atoms. The summed E-state index contributed by atoms with van der Waals surface area (Å²) in [4.78, 5) is 11.6. The molecule has 1 amide bonds. The molecule has 10 heavy (non-hydrogen) atoms. The summed E-state index contributed by atoms with van der Waals surface area (Å²) in [6.07, 6.45) is 0. The molecule has 0 unspecified atom stereocenters. The molecular weight excluding hydrogens is 134 g/mol. The molecule has 0 aliphatic rings. The molecular formula is C6H17NO3. The zero-order valence-electron chi connectivity index (χ0n) is 7.01. The molecule has 0 rings (SSSR count). The number of carbonyl (C=O) groups is 1. The van der Waals surface area contributed by atoms with Gasteiger partial charge in [-0.05, 0) is 6.92 Å². The van der Waals surface area contributed by atoms with Gasteiger partial charge in [0.25, 0.3) is 0 Å². The van der Waals surface area contributed by atoms with Crippen LogP contribution in [-0.2, 0) is 4.79 Å². The van der Waals surface area contributed by atoms with Crippen LogP contribution in [-0.4, -0.2) is 42.1 Å². The number of rotatable bonds is 0. The second-order valence-electron chi connectivity index (χ2n) is 1.73. The van der Waals surface area contributed by atoms with E-state index >= 15 is 0 Å². The first-order valence-corrected chi connectivity index (χ1v) is 2.85. The first-order chi connectivity index (χ1) is 4.06. The minimum absolute atomic E-state index is 0. The fourth-order valence-corrected chi connectivity index (χ4v) is 0. The second-order valence-corrected chi connectivity index (χ2v) is 1.73. The topological polar surface area (TPSA) is 72.0 Å². The summed E-state index contributed by atoms with van der Waals surface area (Å²) in [6, 6.07) is 0. The average molecular weight is 151 g/mol. The molecule has 0 aliphatic carbocycles. The smallest absolute Gasteiger partial charge is 0.218 e. The fourth-order valence-electron chi connectivity index (χ4n) is 0. The lowest BCUT2D eigenvalue weighted by atomic mass is 10.7. The normalized spacial score (nSPS) is 6.50. The van der Waals surface area contributed by atoms with Crippen molar-refractivity contribution in [2.45, 2.75) is 13.8 Å². The van der Waals surface area contributed by atoms with Gasteiger partial charge in [0.05, 0.1) is 0 Å². The van der Waals surface area contributed by atoms with Gasteiger partial charge >= 0.3 is 0 Å². The largest absolute Gasteiger partial charge is 0.412 e. The van der Waals surface area contributed by atoms with Crippen LogP contribution in [0.5, 0.6) is 0 Å². The molecule has 4 heteroatoms. The van der Waals surface area contributed by atoms with Gasteiger partial charge in [0, 0.05) is 27.6 Å². The van der Waals surface area contributed by atoms with Crippen LogP contribution in [0.15, 0.2) is 0 Å². The van der Waals surface area contributed by atoms with Crippen LogP contribution in [0.1, 0.15) is 13.8 Å². The van der Waals surface area contributed by atoms with Crippen molar-refractivity contribution in [2.24, 2.45) is 0 Å². The summed E-state index contributed by atoms with van der Waals surface area (Å²) < 4.78 is 0. The minimum Gasteiger partial charge on any atom is -0.412 e. The van der Waals surface area contributed by atoms with Crippen LogP contribution < -0.4 is 0 Å². The van der Waals surface area contributed by atoms with Crippen molar-refractivity contribution in [3.63, 3.8) is 0 Å². The highest BCUT2D eigenvalue weighted by molar-refractivity contribution is 5.72. The fraction of sp³-hybridized carbons (Fsp3) is 0.833. The van der Waals surface area contributed by atoms with Crippen molar-refractivity contribution in [1.82, 2.24) is 4.90 Å². The molecule has 0 spiro atoms. The summed E-state index contributed by atoms with van der Waals surface area (Å²) in [5.74, 6) is 0.0926. The highest BCUT2D eigenvalue weighted by Gasteiger charge is 1.87. The van der Waals surface area contributed by atoms with E-state index in [-0.39, 0.29) is 18.0 Å². The molecule has 0 atom stereocenters. The molecule has 0 aromatic carbocycles. The van der Waals surface area contributed by atoms with Crippen LogP contribution in [0.2, 0.25) is 0 Å². The number of aliphatic hydroxyl groups excluding tert-OH is 1. The minimum atomic E-state index is 0. The summed E-state index contributed by atoms with van der Waals surface area (Å²) in [7, 11) is 3.45. The first-order valence-electron chi connectivity index (χ1n) is 2.85. The maximum Gasteiger partial charge on any atom is 0.218 e. The van der Waals surface area contributed by atoms with E-state index in [0.717, 1.165) is 0 Å². The SMILES string of the molecule is CC(=O)N(C)C.CCO.O. The summed E-state index contributed by atoms with van der Waals surface area (Å²) >= 11 is 0. The third kappa shape index (κ3) is 26.3. The molecule has 0 radical (unpaired) electrons. The van der Waals surface area contributed by atoms with Crippen molar-refractivity contribution >= 4 is 5.91 Å². The highest BCUT2D eigenvalue weighted by Crippen LogP contribution is 1.69. The van der Waals surface area contributed by atoms with E-state index in [2.05, 4.69) is 0 Å². The Balaban J connectivity index is -0.000000107. The third-order valence-corrected chi connectivity index (χ3v) is 0.630. The van der Waals surface area contributed by atoms with E-state index in [9.17, 15) is 4.79 Å².